The van der Waals surface area contributed by atoms with Crippen LogP contribution in [0.5, 0.6) is 0 Å². The summed E-state index contributed by atoms with van der Waals surface area (Å²) in [5, 5.41) is 2.66. The molecular weight excluding hydrogens is 475 g/mol. The minimum absolute atomic E-state index is 0.112. The number of anilines is 1. The highest BCUT2D eigenvalue weighted by molar-refractivity contribution is 7.89. The first-order valence-corrected chi connectivity index (χ1v) is 11.9. The molecule has 11 heteroatoms. The Morgan fingerprint density at radius 2 is 1.70 bits per heavy atom. The minimum Gasteiger partial charge on any atom is -0.345 e. The van der Waals surface area contributed by atoms with Crippen molar-refractivity contribution in [3.63, 3.8) is 0 Å². The first kappa shape index (κ1) is 21.5. The highest BCUT2D eigenvalue weighted by Gasteiger charge is 2.31. The van der Waals surface area contributed by atoms with Crippen LogP contribution in [-0.4, -0.2) is 43.9 Å². The molecule has 0 atom stereocenters. The Balaban J connectivity index is 1.48. The van der Waals surface area contributed by atoms with Crippen molar-refractivity contribution < 1.29 is 17.2 Å². The monoisotopic (exact) mass is 489 g/mol. The Kier molecular flexibility index (Phi) is 6.00. The first-order valence-electron chi connectivity index (χ1n) is 8.86. The fourth-order valence-electron chi connectivity index (χ4n) is 3.19. The quantitative estimate of drug-likeness (QED) is 0.522. The number of hydrogen-bond donors (Lipinski definition) is 0. The van der Waals surface area contributed by atoms with Gasteiger partial charge in [0.2, 0.25) is 10.0 Å². The summed E-state index contributed by atoms with van der Waals surface area (Å²) in [6.45, 7) is 1.32. The molecule has 0 spiro atoms. The SMILES string of the molecule is O=S(=O)(c1ccc(F)cc1Cl)N1CCN(c2nc(-c3cc(F)cc(Cl)c3)cs2)CC1. The van der Waals surface area contributed by atoms with E-state index in [4.69, 9.17) is 23.2 Å². The number of thiazole rings is 1. The predicted octanol–water partition coefficient (Wildman–Crippen LogP) is 4.91. The van der Waals surface area contributed by atoms with Crippen molar-refractivity contribution in [1.29, 1.82) is 0 Å². The second kappa shape index (κ2) is 8.39. The molecule has 0 radical (unpaired) electrons. The van der Waals surface area contributed by atoms with Gasteiger partial charge in [-0.1, -0.05) is 23.2 Å². The number of halogens is 4. The van der Waals surface area contributed by atoms with Crippen LogP contribution in [0.1, 0.15) is 0 Å². The lowest BCUT2D eigenvalue weighted by Crippen LogP contribution is -2.48. The van der Waals surface area contributed by atoms with Gasteiger partial charge in [0.1, 0.15) is 16.5 Å². The van der Waals surface area contributed by atoms with Crippen molar-refractivity contribution >= 4 is 49.7 Å². The maximum Gasteiger partial charge on any atom is 0.244 e. The fourth-order valence-corrected chi connectivity index (χ4v) is 6.22. The van der Waals surface area contributed by atoms with E-state index in [0.29, 0.717) is 29.5 Å². The molecule has 2 aromatic carbocycles. The van der Waals surface area contributed by atoms with Gasteiger partial charge < -0.3 is 4.90 Å². The number of nitrogens with zero attached hydrogens (tertiary/aromatic N) is 3. The Hall–Kier alpha value is -1.78. The van der Waals surface area contributed by atoms with Gasteiger partial charge in [0.05, 0.1) is 10.7 Å². The predicted molar refractivity (Wildman–Crippen MR) is 115 cm³/mol. The third kappa shape index (κ3) is 4.31. The lowest BCUT2D eigenvalue weighted by molar-refractivity contribution is 0.384. The van der Waals surface area contributed by atoms with Gasteiger partial charge in [0.25, 0.3) is 0 Å². The van der Waals surface area contributed by atoms with Crippen molar-refractivity contribution in [2.24, 2.45) is 0 Å². The Labute approximate surface area is 186 Å². The largest absolute Gasteiger partial charge is 0.345 e. The molecular formula is C19H15Cl2F2N3O2S2. The van der Waals surface area contributed by atoms with Crippen LogP contribution in [0, 0.1) is 11.6 Å². The molecule has 1 fully saturated rings. The number of piperazine rings is 1. The van der Waals surface area contributed by atoms with Crippen molar-refractivity contribution in [3.05, 3.63) is 63.5 Å². The van der Waals surface area contributed by atoms with E-state index in [1.54, 1.807) is 6.07 Å². The summed E-state index contributed by atoms with van der Waals surface area (Å²) in [7, 11) is -3.83. The van der Waals surface area contributed by atoms with Crippen LogP contribution in [0.4, 0.5) is 13.9 Å². The topological polar surface area (TPSA) is 53.5 Å². The molecule has 0 saturated carbocycles. The van der Waals surface area contributed by atoms with Gasteiger partial charge in [0, 0.05) is 42.1 Å². The van der Waals surface area contributed by atoms with E-state index in [-0.39, 0.29) is 28.0 Å². The average molecular weight is 490 g/mol. The number of benzene rings is 2. The third-order valence-corrected chi connectivity index (χ3v) is 8.17. The summed E-state index contributed by atoms with van der Waals surface area (Å²) in [6.07, 6.45) is 0. The lowest BCUT2D eigenvalue weighted by Gasteiger charge is -2.33. The standard InChI is InChI=1S/C19H15Cl2F2N3O2S2/c20-13-7-12(8-15(23)9-13)17-11-29-19(24-17)25-3-5-26(6-4-25)30(27,28)18-2-1-14(22)10-16(18)21/h1-2,7-11H,3-6H2. The Bertz CT molecular complexity index is 1180. The zero-order chi connectivity index (χ0) is 21.5. The number of aromatic nitrogens is 1. The summed E-state index contributed by atoms with van der Waals surface area (Å²) < 4.78 is 53.9. The zero-order valence-electron chi connectivity index (χ0n) is 15.4. The van der Waals surface area contributed by atoms with Crippen LogP contribution >= 0.6 is 34.5 Å². The number of hydrogen-bond acceptors (Lipinski definition) is 5. The van der Waals surface area contributed by atoms with E-state index in [2.05, 4.69) is 4.98 Å². The number of sulfonamides is 1. The van der Waals surface area contributed by atoms with E-state index in [1.807, 2.05) is 10.3 Å². The van der Waals surface area contributed by atoms with Crippen molar-refractivity contribution in [2.45, 2.75) is 4.90 Å². The van der Waals surface area contributed by atoms with Gasteiger partial charge in [-0.3, -0.25) is 0 Å². The summed E-state index contributed by atoms with van der Waals surface area (Å²) >= 11 is 13.2. The molecule has 30 heavy (non-hydrogen) atoms. The van der Waals surface area contributed by atoms with E-state index in [9.17, 15) is 17.2 Å². The fraction of sp³-hybridized carbons (Fsp3) is 0.211. The Morgan fingerprint density at radius 1 is 0.967 bits per heavy atom. The maximum absolute atomic E-state index is 13.6. The van der Waals surface area contributed by atoms with Crippen molar-refractivity contribution in [2.75, 3.05) is 31.1 Å². The summed E-state index contributed by atoms with van der Waals surface area (Å²) in [6, 6.07) is 7.47. The molecule has 1 saturated heterocycles. The van der Waals surface area contributed by atoms with Gasteiger partial charge in [-0.2, -0.15) is 4.31 Å². The highest BCUT2D eigenvalue weighted by atomic mass is 35.5. The molecule has 1 aromatic heterocycles. The maximum atomic E-state index is 13.6. The summed E-state index contributed by atoms with van der Waals surface area (Å²) in [5.41, 5.74) is 1.18. The smallest absolute Gasteiger partial charge is 0.244 e. The number of rotatable bonds is 4. The van der Waals surface area contributed by atoms with Crippen LogP contribution in [-0.2, 0) is 10.0 Å². The van der Waals surface area contributed by atoms with Crippen LogP contribution in [0.2, 0.25) is 10.0 Å². The van der Waals surface area contributed by atoms with Crippen LogP contribution in [0.15, 0.2) is 46.7 Å². The van der Waals surface area contributed by atoms with Gasteiger partial charge in [-0.15, -0.1) is 11.3 Å². The molecule has 0 unspecified atom stereocenters. The van der Waals surface area contributed by atoms with Crippen LogP contribution in [0.3, 0.4) is 0 Å². The van der Waals surface area contributed by atoms with Crippen LogP contribution < -0.4 is 4.90 Å². The molecule has 0 bridgehead atoms. The second-order valence-electron chi connectivity index (χ2n) is 6.64. The lowest BCUT2D eigenvalue weighted by atomic mass is 10.2. The average Bonchev–Trinajstić information content (AvgIpc) is 3.17. The Morgan fingerprint density at radius 3 is 2.37 bits per heavy atom. The normalized spacial score (nSPS) is 15.5. The highest BCUT2D eigenvalue weighted by Crippen LogP contribution is 2.31. The molecule has 1 aliphatic heterocycles. The first-order chi connectivity index (χ1) is 14.2. The van der Waals surface area contributed by atoms with Crippen molar-refractivity contribution in [3.8, 4) is 11.3 Å². The van der Waals surface area contributed by atoms with Crippen molar-refractivity contribution in [1.82, 2.24) is 9.29 Å². The van der Waals surface area contributed by atoms with Gasteiger partial charge >= 0.3 is 0 Å². The molecule has 0 aliphatic carbocycles. The second-order valence-corrected chi connectivity index (χ2v) is 10.2. The van der Waals surface area contributed by atoms with Gasteiger partial charge in [-0.25, -0.2) is 22.2 Å². The molecule has 4 rings (SSSR count). The molecule has 5 nitrogen and oxygen atoms in total. The van der Waals surface area contributed by atoms with Crippen LogP contribution in [0.25, 0.3) is 11.3 Å². The zero-order valence-corrected chi connectivity index (χ0v) is 18.5. The minimum atomic E-state index is -3.83. The molecule has 0 N–H and O–H groups in total. The molecule has 158 valence electrons. The molecule has 1 aliphatic rings. The van der Waals surface area contributed by atoms with E-state index in [0.717, 1.165) is 12.1 Å². The van der Waals surface area contributed by atoms with E-state index < -0.39 is 21.7 Å². The molecule has 3 aromatic rings. The third-order valence-electron chi connectivity index (χ3n) is 4.67. The van der Waals surface area contributed by atoms with E-state index in [1.165, 1.54) is 33.8 Å². The molecule has 0 amide bonds. The van der Waals surface area contributed by atoms with Gasteiger partial charge in [-0.05, 0) is 36.4 Å². The van der Waals surface area contributed by atoms with E-state index >= 15 is 0 Å². The van der Waals surface area contributed by atoms with Gasteiger partial charge in [0.15, 0.2) is 5.13 Å². The summed E-state index contributed by atoms with van der Waals surface area (Å²) in [4.78, 5) is 6.40. The molecule has 2 heterocycles. The summed E-state index contributed by atoms with van der Waals surface area (Å²) in [5.74, 6) is -1.03.